The van der Waals surface area contributed by atoms with Crippen LogP contribution in [-0.4, -0.2) is 39.3 Å². The van der Waals surface area contributed by atoms with Crippen LogP contribution < -0.4 is 0 Å². The molecule has 4 rings (SSSR count). The van der Waals surface area contributed by atoms with Crippen LogP contribution in [0, 0.1) is 11.7 Å². The van der Waals surface area contributed by atoms with Crippen molar-refractivity contribution in [1.29, 1.82) is 0 Å². The van der Waals surface area contributed by atoms with Crippen LogP contribution in [0.25, 0.3) is 21.0 Å². The zero-order chi connectivity index (χ0) is 21.3. The molecule has 1 N–H and O–H groups in total. The smallest absolute Gasteiger partial charge is 0.309 e. The van der Waals surface area contributed by atoms with E-state index < -0.39 is 5.97 Å². The highest BCUT2D eigenvalue weighted by atomic mass is 32.2. The maximum absolute atomic E-state index is 14.8. The van der Waals surface area contributed by atoms with Gasteiger partial charge < -0.3 is 5.11 Å². The molecule has 0 atom stereocenters. The Kier molecular flexibility index (Phi) is 6.22. The average molecular weight is 443 g/mol. The maximum Gasteiger partial charge on any atom is 0.309 e. The maximum atomic E-state index is 14.8. The molecule has 7 heteroatoms. The lowest BCUT2D eigenvalue weighted by molar-refractivity contribution is -0.147. The number of carboxylic acids is 1. The van der Waals surface area contributed by atoms with Crippen LogP contribution in [0.2, 0.25) is 0 Å². The lowest BCUT2D eigenvalue weighted by Crippen LogP contribution is -2.49. The number of thiazole rings is 1. The molecule has 30 heavy (non-hydrogen) atoms. The number of thioether (sulfide) groups is 1. The van der Waals surface area contributed by atoms with Crippen LogP contribution in [0.3, 0.4) is 0 Å². The fraction of sp³-hybridized carbons (Fsp3) is 0.304. The fourth-order valence-corrected chi connectivity index (χ4v) is 5.23. The van der Waals surface area contributed by atoms with Crippen LogP contribution in [0.4, 0.5) is 4.39 Å². The molecule has 1 saturated heterocycles. The summed E-state index contributed by atoms with van der Waals surface area (Å²) in [6.45, 7) is 5.94. The quantitative estimate of drug-likeness (QED) is 0.481. The van der Waals surface area contributed by atoms with E-state index in [1.165, 1.54) is 22.3 Å². The zero-order valence-electron chi connectivity index (χ0n) is 16.8. The Labute approximate surface area is 183 Å². The Hall–Kier alpha value is -2.22. The van der Waals surface area contributed by atoms with E-state index in [1.54, 1.807) is 12.3 Å². The highest BCUT2D eigenvalue weighted by Crippen LogP contribution is 2.35. The van der Waals surface area contributed by atoms with Crippen molar-refractivity contribution < 1.29 is 14.3 Å². The van der Waals surface area contributed by atoms with E-state index in [0.717, 1.165) is 16.0 Å². The van der Waals surface area contributed by atoms with E-state index in [4.69, 9.17) is 5.11 Å². The van der Waals surface area contributed by atoms with Gasteiger partial charge in [-0.1, -0.05) is 32.0 Å². The largest absolute Gasteiger partial charge is 0.481 e. The van der Waals surface area contributed by atoms with Crippen LogP contribution >= 0.6 is 23.1 Å². The summed E-state index contributed by atoms with van der Waals surface area (Å²) in [5.41, 5.74) is 2.42. The van der Waals surface area contributed by atoms with Gasteiger partial charge in [0.05, 0.1) is 10.8 Å². The summed E-state index contributed by atoms with van der Waals surface area (Å²) in [4.78, 5) is 19.6. The van der Waals surface area contributed by atoms with Crippen LogP contribution in [0.5, 0.6) is 0 Å². The van der Waals surface area contributed by atoms with Gasteiger partial charge >= 0.3 is 5.97 Å². The predicted molar refractivity (Wildman–Crippen MR) is 120 cm³/mol. The number of halogens is 1. The molecule has 1 aliphatic heterocycles. The molecular weight excluding hydrogens is 419 g/mol. The van der Waals surface area contributed by atoms with Crippen LogP contribution in [-0.2, 0) is 11.3 Å². The SMILES string of the molecule is CC(C)Sc1ccc(-c2cnc(-c3ccc(CN4CC(C(=O)O)C4)cc3F)s2)cc1. The molecule has 4 nitrogen and oxygen atoms in total. The Bertz CT molecular complexity index is 1040. The van der Waals surface area contributed by atoms with Gasteiger partial charge in [-0.2, -0.15) is 0 Å². The normalized spacial score (nSPS) is 14.8. The summed E-state index contributed by atoms with van der Waals surface area (Å²) in [6.07, 6.45) is 1.80. The molecule has 0 spiro atoms. The second-order valence-corrected chi connectivity index (χ2v) is 10.4. The van der Waals surface area contributed by atoms with Gasteiger partial charge in [0.15, 0.2) is 0 Å². The standard InChI is InChI=1S/C23H23FN2O2S2/c1-14(2)29-18-6-4-16(5-7-18)21-10-25-22(30-21)19-8-3-15(9-20(19)24)11-26-12-17(13-26)23(27)28/h3-10,14,17H,11-13H2,1-2H3,(H,27,28). The van der Waals surface area contributed by atoms with E-state index in [2.05, 4.69) is 43.1 Å². The lowest BCUT2D eigenvalue weighted by atomic mass is 9.99. The summed E-state index contributed by atoms with van der Waals surface area (Å²) in [5.74, 6) is -1.37. The van der Waals surface area contributed by atoms with Crippen molar-refractivity contribution in [3.63, 3.8) is 0 Å². The molecule has 0 bridgehead atoms. The van der Waals surface area contributed by atoms with Gasteiger partial charge in [-0.25, -0.2) is 9.37 Å². The number of hydrogen-bond donors (Lipinski definition) is 1. The minimum atomic E-state index is -0.763. The number of likely N-dealkylation sites (tertiary alicyclic amines) is 1. The van der Waals surface area contributed by atoms with Gasteiger partial charge in [-0.15, -0.1) is 23.1 Å². The first kappa shape index (κ1) is 21.0. The summed E-state index contributed by atoms with van der Waals surface area (Å²) >= 11 is 3.30. The first-order valence-corrected chi connectivity index (χ1v) is 11.6. The second-order valence-electron chi connectivity index (χ2n) is 7.76. The molecule has 0 unspecified atom stereocenters. The molecule has 2 aromatic carbocycles. The van der Waals surface area contributed by atoms with Crippen molar-refractivity contribution in [2.45, 2.75) is 30.5 Å². The Morgan fingerprint density at radius 2 is 2.00 bits per heavy atom. The minimum absolute atomic E-state index is 0.299. The third-order valence-corrected chi connectivity index (χ3v) is 7.09. The van der Waals surface area contributed by atoms with Crippen molar-refractivity contribution in [1.82, 2.24) is 9.88 Å². The van der Waals surface area contributed by atoms with E-state index in [1.807, 2.05) is 22.7 Å². The molecular formula is C23H23FN2O2S2. The third-order valence-electron chi connectivity index (χ3n) is 4.99. The molecule has 1 fully saturated rings. The van der Waals surface area contributed by atoms with Gasteiger partial charge in [-0.05, 0) is 35.4 Å². The fourth-order valence-electron chi connectivity index (χ4n) is 3.45. The summed E-state index contributed by atoms with van der Waals surface area (Å²) in [6, 6.07) is 13.6. The number of carboxylic acid groups (broad SMARTS) is 1. The van der Waals surface area contributed by atoms with E-state index in [9.17, 15) is 9.18 Å². The minimum Gasteiger partial charge on any atom is -0.481 e. The molecule has 1 aliphatic rings. The molecule has 0 aliphatic carbocycles. The van der Waals surface area contributed by atoms with E-state index in [0.29, 0.717) is 35.5 Å². The van der Waals surface area contributed by atoms with Gasteiger partial charge in [-0.3, -0.25) is 9.69 Å². The second kappa shape index (κ2) is 8.88. The predicted octanol–water partition coefficient (Wildman–Crippen LogP) is 5.63. The third kappa shape index (κ3) is 4.74. The monoisotopic (exact) mass is 442 g/mol. The van der Waals surface area contributed by atoms with Gasteiger partial charge in [0.2, 0.25) is 0 Å². The first-order chi connectivity index (χ1) is 14.4. The molecule has 0 amide bonds. The molecule has 3 aromatic rings. The van der Waals surface area contributed by atoms with Crippen LogP contribution in [0.15, 0.2) is 53.6 Å². The molecule has 1 aromatic heterocycles. The number of nitrogens with zero attached hydrogens (tertiary/aromatic N) is 2. The Balaban J connectivity index is 1.45. The number of aliphatic carboxylic acids is 1. The zero-order valence-corrected chi connectivity index (χ0v) is 18.5. The van der Waals surface area contributed by atoms with Crippen molar-refractivity contribution in [2.24, 2.45) is 5.92 Å². The Morgan fingerprint density at radius 1 is 1.27 bits per heavy atom. The first-order valence-electron chi connectivity index (χ1n) is 9.86. The van der Waals surface area contributed by atoms with Gasteiger partial charge in [0, 0.05) is 41.5 Å². The summed E-state index contributed by atoms with van der Waals surface area (Å²) in [5, 5.41) is 10.2. The van der Waals surface area contributed by atoms with E-state index in [-0.39, 0.29) is 11.7 Å². The number of aromatic nitrogens is 1. The topological polar surface area (TPSA) is 53.4 Å². The highest BCUT2D eigenvalue weighted by molar-refractivity contribution is 7.99. The average Bonchev–Trinajstić information content (AvgIpc) is 3.14. The van der Waals surface area contributed by atoms with Crippen molar-refractivity contribution >= 4 is 29.1 Å². The molecule has 2 heterocycles. The van der Waals surface area contributed by atoms with Crippen LogP contribution in [0.1, 0.15) is 19.4 Å². The number of hydrogen-bond acceptors (Lipinski definition) is 5. The Morgan fingerprint density at radius 3 is 2.63 bits per heavy atom. The number of carbonyl (C=O) groups is 1. The summed E-state index contributed by atoms with van der Waals surface area (Å²) in [7, 11) is 0. The van der Waals surface area contributed by atoms with Gasteiger partial charge in [0.1, 0.15) is 10.8 Å². The number of benzene rings is 2. The van der Waals surface area contributed by atoms with Gasteiger partial charge in [0.25, 0.3) is 0 Å². The van der Waals surface area contributed by atoms with Crippen molar-refractivity contribution in [3.05, 3.63) is 60.0 Å². The van der Waals surface area contributed by atoms with Crippen molar-refractivity contribution in [3.8, 4) is 21.0 Å². The van der Waals surface area contributed by atoms with Crippen molar-refractivity contribution in [2.75, 3.05) is 13.1 Å². The lowest BCUT2D eigenvalue weighted by Gasteiger charge is -2.36. The van der Waals surface area contributed by atoms with E-state index >= 15 is 0 Å². The molecule has 0 radical (unpaired) electrons. The molecule has 156 valence electrons. The highest BCUT2D eigenvalue weighted by Gasteiger charge is 2.32. The summed E-state index contributed by atoms with van der Waals surface area (Å²) < 4.78 is 14.8. The molecule has 0 saturated carbocycles. The number of rotatable bonds is 7.